The molecule has 20 heavy (non-hydrogen) atoms. The minimum Gasteiger partial charge on any atom is -0.496 e. The van der Waals surface area contributed by atoms with Gasteiger partial charge in [-0.1, -0.05) is 25.1 Å². The molecule has 110 valence electrons. The largest absolute Gasteiger partial charge is 0.496 e. The normalized spacial score (nSPS) is 18.6. The van der Waals surface area contributed by atoms with Gasteiger partial charge in [0.25, 0.3) is 0 Å². The minimum atomic E-state index is 0.0209. The van der Waals surface area contributed by atoms with Gasteiger partial charge in [-0.3, -0.25) is 4.79 Å². The van der Waals surface area contributed by atoms with E-state index < -0.39 is 0 Å². The lowest BCUT2D eigenvalue weighted by molar-refractivity contribution is -0.129. The van der Waals surface area contributed by atoms with Crippen molar-refractivity contribution in [3.63, 3.8) is 0 Å². The summed E-state index contributed by atoms with van der Waals surface area (Å²) in [5, 5.41) is 3.32. The fourth-order valence-electron chi connectivity index (χ4n) is 2.63. The van der Waals surface area contributed by atoms with E-state index in [-0.39, 0.29) is 11.9 Å². The summed E-state index contributed by atoms with van der Waals surface area (Å²) in [6, 6.07) is 8.02. The van der Waals surface area contributed by atoms with Crippen molar-refractivity contribution in [2.45, 2.75) is 32.2 Å². The van der Waals surface area contributed by atoms with Crippen LogP contribution in [0.1, 0.15) is 25.3 Å². The van der Waals surface area contributed by atoms with Crippen molar-refractivity contribution in [1.82, 2.24) is 10.2 Å². The maximum Gasteiger partial charge on any atom is 0.239 e. The maximum absolute atomic E-state index is 12.2. The van der Waals surface area contributed by atoms with Crippen molar-refractivity contribution >= 4 is 5.91 Å². The Kier molecular flexibility index (Phi) is 5.41. The van der Waals surface area contributed by atoms with Gasteiger partial charge in [-0.05, 0) is 37.4 Å². The first-order chi connectivity index (χ1) is 9.76. The lowest BCUT2D eigenvalue weighted by Crippen LogP contribution is -2.39. The molecule has 0 saturated carbocycles. The van der Waals surface area contributed by atoms with E-state index in [9.17, 15) is 4.79 Å². The van der Waals surface area contributed by atoms with Crippen molar-refractivity contribution < 1.29 is 9.53 Å². The third-order valence-electron chi connectivity index (χ3n) is 3.78. The molecule has 2 rings (SSSR count). The lowest BCUT2D eigenvalue weighted by atomic mass is 10.1. The summed E-state index contributed by atoms with van der Waals surface area (Å²) in [5.41, 5.74) is 1.16. The van der Waals surface area contributed by atoms with Crippen LogP contribution in [0.5, 0.6) is 5.75 Å². The first-order valence-corrected chi connectivity index (χ1v) is 7.40. The number of carbonyl (C=O) groups excluding carboxylic acids is 1. The highest BCUT2D eigenvalue weighted by molar-refractivity contribution is 5.84. The Bertz CT molecular complexity index is 448. The number of nitrogens with one attached hydrogen (secondary N) is 1. The summed E-state index contributed by atoms with van der Waals surface area (Å²) < 4.78 is 5.35. The van der Waals surface area contributed by atoms with Gasteiger partial charge in [0.05, 0.1) is 13.2 Å². The molecule has 1 N–H and O–H groups in total. The number of amides is 1. The van der Waals surface area contributed by atoms with Crippen LogP contribution in [0.4, 0.5) is 0 Å². The molecule has 0 spiro atoms. The molecule has 4 heteroatoms. The van der Waals surface area contributed by atoms with Gasteiger partial charge in [0.15, 0.2) is 0 Å². The highest BCUT2D eigenvalue weighted by Gasteiger charge is 2.30. The smallest absolute Gasteiger partial charge is 0.239 e. The number of hydrogen-bond donors (Lipinski definition) is 1. The van der Waals surface area contributed by atoms with Gasteiger partial charge in [-0.25, -0.2) is 0 Å². The lowest BCUT2D eigenvalue weighted by Gasteiger charge is -2.18. The molecular weight excluding hydrogens is 252 g/mol. The van der Waals surface area contributed by atoms with Crippen molar-refractivity contribution in [1.29, 1.82) is 0 Å². The Morgan fingerprint density at radius 3 is 2.95 bits per heavy atom. The molecule has 0 radical (unpaired) electrons. The third kappa shape index (κ3) is 3.51. The number of methoxy groups -OCH3 is 1. The summed E-state index contributed by atoms with van der Waals surface area (Å²) >= 11 is 0. The van der Waals surface area contributed by atoms with Gasteiger partial charge in [-0.2, -0.15) is 0 Å². The van der Waals surface area contributed by atoms with E-state index in [1.165, 1.54) is 0 Å². The van der Waals surface area contributed by atoms with Crippen LogP contribution in [0.2, 0.25) is 0 Å². The Hall–Kier alpha value is -1.55. The fourth-order valence-corrected chi connectivity index (χ4v) is 2.63. The summed E-state index contributed by atoms with van der Waals surface area (Å²) in [6.45, 7) is 4.65. The summed E-state index contributed by atoms with van der Waals surface area (Å²) in [7, 11) is 1.69. The quantitative estimate of drug-likeness (QED) is 0.826. The monoisotopic (exact) mass is 276 g/mol. The summed E-state index contributed by atoms with van der Waals surface area (Å²) in [4.78, 5) is 14.2. The first kappa shape index (κ1) is 14.9. The Morgan fingerprint density at radius 1 is 1.40 bits per heavy atom. The van der Waals surface area contributed by atoms with Crippen LogP contribution < -0.4 is 10.1 Å². The number of hydrogen-bond acceptors (Lipinski definition) is 3. The van der Waals surface area contributed by atoms with E-state index in [4.69, 9.17) is 4.74 Å². The number of carbonyl (C=O) groups is 1. The second-order valence-corrected chi connectivity index (χ2v) is 5.18. The average molecular weight is 276 g/mol. The second-order valence-electron chi connectivity index (χ2n) is 5.18. The van der Waals surface area contributed by atoms with E-state index in [0.29, 0.717) is 0 Å². The van der Waals surface area contributed by atoms with Crippen LogP contribution in [0.3, 0.4) is 0 Å². The molecule has 1 fully saturated rings. The van der Waals surface area contributed by atoms with Gasteiger partial charge in [0.2, 0.25) is 5.91 Å². The molecule has 1 saturated heterocycles. The predicted molar refractivity (Wildman–Crippen MR) is 80.0 cm³/mol. The van der Waals surface area contributed by atoms with Gasteiger partial charge in [0.1, 0.15) is 5.75 Å². The van der Waals surface area contributed by atoms with Crippen LogP contribution in [0.25, 0.3) is 0 Å². The van der Waals surface area contributed by atoms with Crippen LogP contribution >= 0.6 is 0 Å². The molecule has 0 aliphatic carbocycles. The zero-order valence-corrected chi connectivity index (χ0v) is 12.4. The van der Waals surface area contributed by atoms with Crippen molar-refractivity contribution in [2.24, 2.45) is 0 Å². The third-order valence-corrected chi connectivity index (χ3v) is 3.78. The van der Waals surface area contributed by atoms with E-state index >= 15 is 0 Å². The molecule has 1 amide bonds. The second kappa shape index (κ2) is 7.29. The molecule has 1 aromatic carbocycles. The molecule has 1 aliphatic heterocycles. The molecule has 1 aromatic rings. The highest BCUT2D eigenvalue weighted by atomic mass is 16.5. The molecular formula is C16H24N2O2. The number of rotatable bonds is 7. The van der Waals surface area contributed by atoms with Gasteiger partial charge in [0, 0.05) is 13.1 Å². The molecule has 1 unspecified atom stereocenters. The van der Waals surface area contributed by atoms with Crippen molar-refractivity contribution in [3.05, 3.63) is 29.8 Å². The molecule has 0 aromatic heterocycles. The maximum atomic E-state index is 12.2. The van der Waals surface area contributed by atoms with Gasteiger partial charge >= 0.3 is 0 Å². The standard InChI is InChI=1S/C16H24N2O2/c1-3-10-17-14-9-12-18(16(14)19)11-8-13-6-4-5-7-15(13)20-2/h4-7,14,17H,3,8-12H2,1-2H3. The molecule has 1 heterocycles. The Morgan fingerprint density at radius 2 is 2.20 bits per heavy atom. The average Bonchev–Trinajstić information content (AvgIpc) is 2.83. The zero-order chi connectivity index (χ0) is 14.4. The van der Waals surface area contributed by atoms with E-state index in [0.717, 1.165) is 50.2 Å². The van der Waals surface area contributed by atoms with E-state index in [2.05, 4.69) is 18.3 Å². The fraction of sp³-hybridized carbons (Fsp3) is 0.562. The molecule has 1 atom stereocenters. The SMILES string of the molecule is CCCNC1CCN(CCc2ccccc2OC)C1=O. The van der Waals surface area contributed by atoms with E-state index in [1.807, 2.05) is 23.1 Å². The number of ether oxygens (including phenoxy) is 1. The Balaban J connectivity index is 1.87. The van der Waals surface area contributed by atoms with E-state index in [1.54, 1.807) is 7.11 Å². The highest BCUT2D eigenvalue weighted by Crippen LogP contribution is 2.19. The summed E-state index contributed by atoms with van der Waals surface area (Å²) in [5.74, 6) is 1.15. The molecule has 1 aliphatic rings. The number of benzene rings is 1. The molecule has 4 nitrogen and oxygen atoms in total. The number of nitrogens with zero attached hydrogens (tertiary/aromatic N) is 1. The van der Waals surface area contributed by atoms with Crippen LogP contribution in [-0.2, 0) is 11.2 Å². The Labute approximate surface area is 121 Å². The van der Waals surface area contributed by atoms with Crippen molar-refractivity contribution in [3.8, 4) is 5.75 Å². The van der Waals surface area contributed by atoms with Crippen LogP contribution in [0, 0.1) is 0 Å². The number of likely N-dealkylation sites (tertiary alicyclic amines) is 1. The van der Waals surface area contributed by atoms with Crippen LogP contribution in [0.15, 0.2) is 24.3 Å². The van der Waals surface area contributed by atoms with Crippen LogP contribution in [-0.4, -0.2) is 43.6 Å². The number of para-hydroxylation sites is 1. The predicted octanol–water partition coefficient (Wildman–Crippen LogP) is 1.84. The minimum absolute atomic E-state index is 0.0209. The topological polar surface area (TPSA) is 41.6 Å². The first-order valence-electron chi connectivity index (χ1n) is 7.40. The molecule has 0 bridgehead atoms. The zero-order valence-electron chi connectivity index (χ0n) is 12.4. The van der Waals surface area contributed by atoms with Gasteiger partial charge < -0.3 is 15.0 Å². The van der Waals surface area contributed by atoms with Gasteiger partial charge in [-0.15, -0.1) is 0 Å². The van der Waals surface area contributed by atoms with Crippen molar-refractivity contribution in [2.75, 3.05) is 26.7 Å². The summed E-state index contributed by atoms with van der Waals surface area (Å²) in [6.07, 6.45) is 2.83.